The number of hydrogen-bond donors (Lipinski definition) is 0. The van der Waals surface area contributed by atoms with Gasteiger partial charge in [0.15, 0.2) is 0 Å². The predicted molar refractivity (Wildman–Crippen MR) is 49.4 cm³/mol. The van der Waals surface area contributed by atoms with Gasteiger partial charge in [-0.15, -0.1) is 0 Å². The molecule has 0 aromatic carbocycles. The fraction of sp³-hybridized carbons (Fsp3) is 0.600. The van der Waals surface area contributed by atoms with Gasteiger partial charge in [-0.3, -0.25) is 13.4 Å². The van der Waals surface area contributed by atoms with E-state index in [4.69, 9.17) is 5.73 Å². The molecule has 1 atom stereocenters. The average Bonchev–Trinajstić information content (AvgIpc) is 2.02. The van der Waals surface area contributed by atoms with Crippen molar-refractivity contribution in [3.05, 3.63) is 5.73 Å². The summed E-state index contributed by atoms with van der Waals surface area (Å²) in [6.45, 7) is 0. The molecule has 0 aromatic rings. The minimum atomic E-state index is -0.995. The minimum absolute atomic E-state index is 0. The van der Waals surface area contributed by atoms with Gasteiger partial charge in [-0.1, -0.05) is 22.1 Å². The normalized spacial score (nSPS) is 7.83. The second-order valence-corrected chi connectivity index (χ2v) is 3.06. The zero-order valence-corrected chi connectivity index (χ0v) is 10.4. The molecule has 0 saturated carbocycles. The van der Waals surface area contributed by atoms with E-state index >= 15 is 0 Å². The maximum atomic E-state index is 9.43. The summed E-state index contributed by atoms with van der Waals surface area (Å²) >= 11 is 3.18. The molecule has 1 N–H and O–H groups in total. The Kier molecular flexibility index (Phi) is 26.6. The topological polar surface area (TPSA) is 67.2 Å². The van der Waals surface area contributed by atoms with Gasteiger partial charge in [-0.25, -0.2) is 6.03 Å². The van der Waals surface area contributed by atoms with Crippen molar-refractivity contribution in [2.75, 3.05) is 18.6 Å². The van der Waals surface area contributed by atoms with Crippen molar-refractivity contribution in [2.45, 2.75) is 0 Å². The molecule has 0 spiro atoms. The van der Waals surface area contributed by atoms with E-state index in [1.165, 1.54) is 0 Å². The minimum Gasteiger partial charge on any atom is -0.632 e. The van der Waals surface area contributed by atoms with Gasteiger partial charge < -0.3 is 15.3 Å². The summed E-state index contributed by atoms with van der Waals surface area (Å²) < 4.78 is 3.78. The quantitative estimate of drug-likeness (QED) is 0.345. The second-order valence-electron chi connectivity index (χ2n) is 1.21. The van der Waals surface area contributed by atoms with Crippen LogP contribution in [0.4, 0.5) is 4.79 Å². The third kappa shape index (κ3) is 31.4. The molecule has 1 radical (unpaired) electrons. The van der Waals surface area contributed by atoms with E-state index < -0.39 is 6.09 Å². The molecule has 69 valence electrons. The van der Waals surface area contributed by atoms with Crippen LogP contribution in [0.1, 0.15) is 0 Å². The van der Waals surface area contributed by atoms with Gasteiger partial charge in [-0.2, -0.15) is 0 Å². The first-order valence-electron chi connectivity index (χ1n) is 2.64. The van der Waals surface area contributed by atoms with Gasteiger partial charge in [0.05, 0.1) is 7.11 Å². The van der Waals surface area contributed by atoms with E-state index in [1.807, 2.05) is 6.03 Å². The Bertz CT molecular complexity index is 117. The summed E-state index contributed by atoms with van der Waals surface area (Å²) in [4.78, 5) is 18.7. The summed E-state index contributed by atoms with van der Waals surface area (Å²) in [6.07, 6.45) is -0.0613. The molecule has 7 heteroatoms. The maximum Gasteiger partial charge on any atom is 2.00 e. The van der Waals surface area contributed by atoms with Crippen LogP contribution in [0.2, 0.25) is 0 Å². The van der Waals surface area contributed by atoms with Crippen molar-refractivity contribution < 1.29 is 32.9 Å². The zero-order valence-electron chi connectivity index (χ0n) is 6.46. The first-order valence-corrected chi connectivity index (χ1v) is 4.97. The second kappa shape index (κ2) is 17.5. The van der Waals surface area contributed by atoms with Crippen molar-refractivity contribution in [1.29, 1.82) is 0 Å². The van der Waals surface area contributed by atoms with Crippen LogP contribution in [-0.4, -0.2) is 30.7 Å². The standard InChI is InChI=1S/C3H5BrOP.C2H5NO2.V/c4-1-2-6-3-5;1-5-2(3)4;/h6H,1-2H2;1H3,(H2,3,4);/q-1;;+2/p-1. The zero-order chi connectivity index (χ0) is 9.11. The van der Waals surface area contributed by atoms with Crippen LogP contribution < -0.4 is 0 Å². The Morgan fingerprint density at radius 3 is 2.25 bits per heavy atom. The molecule has 0 saturated heterocycles. The molecular formula is C5H9BrNO3PV. The van der Waals surface area contributed by atoms with Crippen molar-refractivity contribution in [3.8, 4) is 0 Å². The largest absolute Gasteiger partial charge is 2.00 e. The van der Waals surface area contributed by atoms with Gasteiger partial charge in [0.2, 0.25) is 6.09 Å². The van der Waals surface area contributed by atoms with Crippen LogP contribution in [0.25, 0.3) is 5.73 Å². The molecule has 0 rings (SSSR count). The predicted octanol–water partition coefficient (Wildman–Crippen LogP) is 1.93. The van der Waals surface area contributed by atoms with E-state index in [0.29, 0.717) is 8.58 Å². The summed E-state index contributed by atoms with van der Waals surface area (Å²) in [7, 11) is 1.52. The van der Waals surface area contributed by atoms with Gasteiger partial charge >= 0.3 is 18.6 Å². The monoisotopic (exact) mass is 292 g/mol. The van der Waals surface area contributed by atoms with Crippen molar-refractivity contribution in [1.82, 2.24) is 0 Å². The molecule has 0 aromatic heterocycles. The van der Waals surface area contributed by atoms with Crippen molar-refractivity contribution in [2.24, 2.45) is 0 Å². The van der Waals surface area contributed by atoms with E-state index in [0.717, 1.165) is 18.6 Å². The Morgan fingerprint density at radius 1 is 1.75 bits per heavy atom. The summed E-state index contributed by atoms with van der Waals surface area (Å²) in [5, 5.41) is 0.917. The number of rotatable bonds is 3. The smallest absolute Gasteiger partial charge is 0.632 e. The third-order valence-corrected chi connectivity index (χ3v) is 2.25. The Hall–Kier alpha value is 0.434. The molecule has 0 aliphatic heterocycles. The van der Waals surface area contributed by atoms with Gasteiger partial charge in [0, 0.05) is 5.33 Å². The van der Waals surface area contributed by atoms with Crippen LogP contribution in [0.3, 0.4) is 0 Å². The van der Waals surface area contributed by atoms with Crippen molar-refractivity contribution >= 4 is 36.6 Å². The van der Waals surface area contributed by atoms with Crippen LogP contribution in [0.15, 0.2) is 0 Å². The van der Waals surface area contributed by atoms with Gasteiger partial charge in [-0.05, 0) is 0 Å². The molecule has 4 nitrogen and oxygen atoms in total. The fourth-order valence-corrected chi connectivity index (χ4v) is 0.890. The molecule has 12 heavy (non-hydrogen) atoms. The third-order valence-electron chi connectivity index (χ3n) is 0.477. The van der Waals surface area contributed by atoms with Crippen molar-refractivity contribution in [3.63, 3.8) is 0 Å². The number of carbonyl (C=O) groups is 1. The number of carbonyl (C=O) groups excluding carboxylic acids is 2. The first-order chi connectivity index (χ1) is 5.18. The molecule has 0 bridgehead atoms. The van der Waals surface area contributed by atoms with E-state index in [1.54, 1.807) is 0 Å². The van der Waals surface area contributed by atoms with Crippen LogP contribution in [0, 0.1) is 0 Å². The number of ether oxygens (including phenoxy) is 1. The Labute approximate surface area is 93.8 Å². The van der Waals surface area contributed by atoms with Gasteiger partial charge in [0.25, 0.3) is 0 Å². The molecule has 0 fully saturated rings. The fourth-order valence-electron chi connectivity index (χ4n) is 0.0983. The molecule has 0 heterocycles. The summed E-state index contributed by atoms with van der Waals surface area (Å²) in [6, 6.07) is 1.82. The van der Waals surface area contributed by atoms with E-state index in [2.05, 4.69) is 20.7 Å². The maximum absolute atomic E-state index is 9.43. The first kappa shape index (κ1) is 18.3. The number of nitrogens with one attached hydrogen (secondary N) is 1. The Balaban J connectivity index is -0.000000126. The van der Waals surface area contributed by atoms with Crippen LogP contribution >= 0.6 is 24.5 Å². The molecule has 1 amide bonds. The molecular weight excluding hydrogens is 284 g/mol. The number of alkyl halides is 1. The van der Waals surface area contributed by atoms with E-state index in [9.17, 15) is 9.59 Å². The van der Waals surface area contributed by atoms with E-state index in [-0.39, 0.29) is 18.6 Å². The van der Waals surface area contributed by atoms with Crippen LogP contribution in [-0.2, 0) is 28.1 Å². The average molecular weight is 293 g/mol. The molecule has 0 aliphatic rings. The van der Waals surface area contributed by atoms with Gasteiger partial charge in [0.1, 0.15) is 0 Å². The summed E-state index contributed by atoms with van der Waals surface area (Å²) in [5.41, 5.74) is 5.97. The summed E-state index contributed by atoms with van der Waals surface area (Å²) in [5.74, 6) is 0. The number of methoxy groups -OCH3 is 1. The SMILES string of the molecule is COC([NH-])=O.O=[C-]PCCBr.[V+2]. The van der Waals surface area contributed by atoms with Crippen LogP contribution in [0.5, 0.6) is 0 Å². The number of amides is 1. The molecule has 1 unspecified atom stereocenters. The Morgan fingerprint density at radius 2 is 2.17 bits per heavy atom. The number of halogens is 1. The molecule has 0 aliphatic carbocycles. The number of hydrogen-bond acceptors (Lipinski definition) is 3.